The van der Waals surface area contributed by atoms with Crippen molar-refractivity contribution in [2.24, 2.45) is 5.92 Å². The Morgan fingerprint density at radius 1 is 1.03 bits per heavy atom. The van der Waals surface area contributed by atoms with Crippen LogP contribution in [0.2, 0.25) is 0 Å². The van der Waals surface area contributed by atoms with Crippen molar-refractivity contribution >= 4 is 52.6 Å². The summed E-state index contributed by atoms with van der Waals surface area (Å²) in [7, 11) is -4.45. The van der Waals surface area contributed by atoms with Gasteiger partial charge in [-0.2, -0.15) is 5.26 Å². The molecule has 1 unspecified atom stereocenters. The lowest BCUT2D eigenvalue weighted by atomic mass is 9.85. The van der Waals surface area contributed by atoms with E-state index in [1.165, 1.54) is 30.4 Å². The predicted octanol–water partition coefficient (Wildman–Crippen LogP) is 8.32. The van der Waals surface area contributed by atoms with E-state index < -0.39 is 49.0 Å². The van der Waals surface area contributed by atoms with Crippen LogP contribution in [0.3, 0.4) is 0 Å². The molecule has 4 aromatic rings. The molecule has 1 spiro atoms. The summed E-state index contributed by atoms with van der Waals surface area (Å²) in [4.78, 5) is 59.4. The number of likely N-dealkylation sites (tertiary alicyclic amines) is 1. The van der Waals surface area contributed by atoms with Gasteiger partial charge in [-0.15, -0.1) is 11.3 Å². The molecule has 4 heterocycles. The molecule has 61 heavy (non-hydrogen) atoms. The first-order valence-electron chi connectivity index (χ1n) is 21.2. The number of rotatable bonds is 13. The van der Waals surface area contributed by atoms with Crippen LogP contribution in [0.4, 0.5) is 4.39 Å². The van der Waals surface area contributed by atoms with E-state index in [0.29, 0.717) is 53.6 Å². The largest absolute Gasteiger partial charge is 0.465 e. The van der Waals surface area contributed by atoms with Crippen LogP contribution in [0.5, 0.6) is 5.75 Å². The Morgan fingerprint density at radius 3 is 2.49 bits per heavy atom. The second-order valence-electron chi connectivity index (χ2n) is 16.9. The molecule has 0 radical (unpaired) electrons. The van der Waals surface area contributed by atoms with Gasteiger partial charge in [-0.05, 0) is 112 Å². The molecule has 15 heteroatoms. The molecule has 3 aliphatic heterocycles. The fourth-order valence-electron chi connectivity index (χ4n) is 9.46. The Balaban J connectivity index is 0.979. The number of para-hydroxylation sites is 1. The topological polar surface area (TPSA) is 158 Å². The van der Waals surface area contributed by atoms with Crippen molar-refractivity contribution in [3.05, 3.63) is 100 Å². The van der Waals surface area contributed by atoms with Gasteiger partial charge in [0.25, 0.3) is 5.91 Å². The maximum Gasteiger partial charge on any atom is 0.355 e. The van der Waals surface area contributed by atoms with E-state index in [-0.39, 0.29) is 47.6 Å². The molecule has 1 saturated carbocycles. The number of alkyl halides is 1. The van der Waals surface area contributed by atoms with E-state index in [1.54, 1.807) is 47.4 Å². The first-order valence-corrected chi connectivity index (χ1v) is 23.7. The summed E-state index contributed by atoms with van der Waals surface area (Å²) >= 11 is 1.18. The average molecular weight is 868 g/mol. The highest BCUT2D eigenvalue weighted by Crippen LogP contribution is 2.59. The van der Waals surface area contributed by atoms with Gasteiger partial charge < -0.3 is 24.4 Å². The number of hydrogen-bond acceptors (Lipinski definition) is 9. The molecule has 2 N–H and O–H groups in total. The monoisotopic (exact) mass is 867 g/mol. The molecule has 4 fully saturated rings. The molecule has 4 aliphatic rings. The van der Waals surface area contributed by atoms with Gasteiger partial charge in [0.2, 0.25) is 17.7 Å². The van der Waals surface area contributed by atoms with Crippen LogP contribution in [0.1, 0.15) is 103 Å². The Hall–Kier alpha value is -5.09. The first kappa shape index (κ1) is 42.6. The molecule has 3 amide bonds. The number of nitrogens with zero attached hydrogens (tertiary/aromatic N) is 3. The maximum atomic E-state index is 16.6. The van der Waals surface area contributed by atoms with Gasteiger partial charge in [0.15, 0.2) is 0 Å². The second kappa shape index (κ2) is 17.3. The highest BCUT2D eigenvalue weighted by molar-refractivity contribution is 7.57. The number of nitrogens with one attached hydrogen (secondary N) is 2. The Kier molecular flexibility index (Phi) is 12.1. The Labute approximate surface area is 359 Å². The maximum absolute atomic E-state index is 16.6. The summed E-state index contributed by atoms with van der Waals surface area (Å²) in [5.41, 5.74) is 1.67. The van der Waals surface area contributed by atoms with E-state index in [4.69, 9.17) is 9.26 Å². The van der Waals surface area contributed by atoms with Crippen LogP contribution >= 0.6 is 18.9 Å². The van der Waals surface area contributed by atoms with Gasteiger partial charge in [0, 0.05) is 23.2 Å². The molecule has 8 atom stereocenters. The molecule has 320 valence electrons. The number of carbonyl (C=O) groups is 4. The number of fused-ring (bicyclic) bond motifs is 2. The molecule has 3 saturated heterocycles. The van der Waals surface area contributed by atoms with E-state index in [0.717, 1.165) is 30.4 Å². The fourth-order valence-corrected chi connectivity index (χ4v) is 12.3. The van der Waals surface area contributed by atoms with Crippen LogP contribution in [0, 0.1) is 24.2 Å². The molecular formula is C46H51FN5O7PS. The van der Waals surface area contributed by atoms with Crippen molar-refractivity contribution in [1.29, 1.82) is 5.26 Å². The van der Waals surface area contributed by atoms with Gasteiger partial charge in [-0.25, -0.2) is 9.48 Å². The normalized spacial score (nSPS) is 24.9. The van der Waals surface area contributed by atoms with Crippen LogP contribution < -0.4 is 14.9 Å². The number of aryl methyl sites for hydroxylation is 1. The van der Waals surface area contributed by atoms with Gasteiger partial charge in [0.05, 0.1) is 29.0 Å². The van der Waals surface area contributed by atoms with E-state index in [1.807, 2.05) is 30.9 Å². The lowest BCUT2D eigenvalue weighted by Gasteiger charge is -2.35. The SMILES string of the molecule is CCCOC(=O)[C@H](C)NP(=O)(Oc1ccccc1)[C@@H](F)c1ccc2sc(C(=O)N[C@H]3CCC[C@H]4CC[C@@H](C(=O)N5C[C@@H](c6ccc(C)cc6)[C@H](C#N)C56CC6)N4C3=O)cc2c1. The van der Waals surface area contributed by atoms with Crippen LogP contribution in [-0.4, -0.2) is 76.3 Å². The lowest BCUT2D eigenvalue weighted by Crippen LogP contribution is -2.56. The van der Waals surface area contributed by atoms with Crippen LogP contribution in [-0.2, 0) is 23.7 Å². The lowest BCUT2D eigenvalue weighted by molar-refractivity contribution is -0.147. The zero-order chi connectivity index (χ0) is 43.1. The molecule has 12 nitrogen and oxygen atoms in total. The summed E-state index contributed by atoms with van der Waals surface area (Å²) in [5, 5.41) is 16.4. The molecule has 3 aromatic carbocycles. The van der Waals surface area contributed by atoms with Crippen LogP contribution in [0.15, 0.2) is 78.9 Å². The average Bonchev–Trinajstić information content (AvgIpc) is 3.63. The third-order valence-electron chi connectivity index (χ3n) is 12.7. The van der Waals surface area contributed by atoms with Crippen LogP contribution in [0.25, 0.3) is 10.1 Å². The summed E-state index contributed by atoms with van der Waals surface area (Å²) in [5.74, 6) is -4.03. The van der Waals surface area contributed by atoms with Crippen molar-refractivity contribution in [1.82, 2.24) is 20.2 Å². The predicted molar refractivity (Wildman–Crippen MR) is 230 cm³/mol. The number of amides is 3. The zero-order valence-corrected chi connectivity index (χ0v) is 36.3. The van der Waals surface area contributed by atoms with E-state index in [2.05, 4.69) is 28.6 Å². The number of esters is 1. The quantitative estimate of drug-likeness (QED) is 0.0996. The van der Waals surface area contributed by atoms with Gasteiger partial charge >= 0.3 is 13.5 Å². The van der Waals surface area contributed by atoms with Crippen molar-refractivity contribution < 1.29 is 37.4 Å². The fraction of sp³-hybridized carbons (Fsp3) is 0.457. The molecule has 1 aliphatic carbocycles. The molecule has 0 bridgehead atoms. The van der Waals surface area contributed by atoms with Gasteiger partial charge in [0.1, 0.15) is 23.9 Å². The number of carbonyl (C=O) groups excluding carboxylic acids is 4. The molecule has 8 rings (SSSR count). The minimum absolute atomic E-state index is 0.0186. The Bertz CT molecular complexity index is 2400. The van der Waals surface area contributed by atoms with E-state index in [9.17, 15) is 29.0 Å². The van der Waals surface area contributed by atoms with Crippen molar-refractivity contribution in [3.8, 4) is 11.8 Å². The molecule has 1 aromatic heterocycles. The smallest absolute Gasteiger partial charge is 0.355 e. The molecular weight excluding hydrogens is 817 g/mol. The summed E-state index contributed by atoms with van der Waals surface area (Å²) in [6.07, 6.45) is 5.17. The highest BCUT2D eigenvalue weighted by Gasteiger charge is 2.64. The van der Waals surface area contributed by atoms with Crippen molar-refractivity contribution in [3.63, 3.8) is 0 Å². The minimum atomic E-state index is -4.45. The second-order valence-corrected chi connectivity index (χ2v) is 20.1. The standard InChI is InChI=1S/C46H51FN5O7PS/c1-4-23-58-45(56)29(3)50-60(57,59-34-10-6-5-7-11-34)41(47)31-17-20-39-32(24-31)25-40(61-39)42(53)49-37-12-8-9-33-18-19-38(52(33)43(37)54)44(55)51-27-35(30-15-13-28(2)14-16-30)36(26-48)46(51)21-22-46/h5-7,10-11,13-17,20,24-25,29,33,35-38,41H,4,8-9,12,18-19,21-23,27H2,1-3H3,(H,49,53)(H,50,57)/t29-,33-,35-,36-,37-,38-,41+,60?/m0/s1. The number of ether oxygens (including phenoxy) is 1. The summed E-state index contributed by atoms with van der Waals surface area (Å²) < 4.78 is 42.5. The third kappa shape index (κ3) is 8.32. The van der Waals surface area contributed by atoms with Gasteiger partial charge in [-0.1, -0.05) is 61.0 Å². The van der Waals surface area contributed by atoms with E-state index >= 15 is 4.39 Å². The van der Waals surface area contributed by atoms with Crippen molar-refractivity contribution in [2.75, 3.05) is 13.2 Å². The summed E-state index contributed by atoms with van der Waals surface area (Å²) in [6.45, 7) is 5.88. The number of nitriles is 1. The first-order chi connectivity index (χ1) is 29.4. The van der Waals surface area contributed by atoms with Gasteiger partial charge in [-0.3, -0.25) is 23.7 Å². The number of thiophene rings is 1. The third-order valence-corrected chi connectivity index (χ3v) is 16.0. The highest BCUT2D eigenvalue weighted by atomic mass is 32.1. The van der Waals surface area contributed by atoms with Crippen molar-refractivity contribution in [2.45, 2.75) is 114 Å². The number of hydrogen-bond donors (Lipinski definition) is 2. The number of benzene rings is 3. The number of halogens is 1. The zero-order valence-electron chi connectivity index (χ0n) is 34.6. The Morgan fingerprint density at radius 2 is 1.79 bits per heavy atom. The summed E-state index contributed by atoms with van der Waals surface area (Å²) in [6, 6.07) is 22.3. The minimum Gasteiger partial charge on any atom is -0.465 e.